The summed E-state index contributed by atoms with van der Waals surface area (Å²) >= 11 is 0. The van der Waals surface area contributed by atoms with Gasteiger partial charge >= 0.3 is 11.7 Å². The number of aromatic carboxylic acids is 1. The van der Waals surface area contributed by atoms with Crippen molar-refractivity contribution in [2.45, 2.75) is 18.9 Å². The molecule has 0 bridgehead atoms. The van der Waals surface area contributed by atoms with E-state index < -0.39 is 5.97 Å². The van der Waals surface area contributed by atoms with Gasteiger partial charge in [0.05, 0.1) is 5.52 Å². The van der Waals surface area contributed by atoms with E-state index in [9.17, 15) is 9.59 Å². The van der Waals surface area contributed by atoms with Crippen LogP contribution in [0.4, 0.5) is 5.82 Å². The molecule has 4 rings (SSSR count). The minimum Gasteiger partial charge on any atom is -0.475 e. The summed E-state index contributed by atoms with van der Waals surface area (Å²) in [5, 5.41) is 9.01. The number of nitrogens with zero attached hydrogens (tertiary/aromatic N) is 5. The third kappa shape index (κ3) is 2.73. The van der Waals surface area contributed by atoms with Gasteiger partial charge < -0.3 is 10.0 Å². The Morgan fingerprint density at radius 3 is 2.76 bits per heavy atom. The maximum absolute atomic E-state index is 12.3. The highest BCUT2D eigenvalue weighted by molar-refractivity contribution is 5.83. The molecule has 3 aromatic heterocycles. The Morgan fingerprint density at radius 1 is 1.20 bits per heavy atom. The highest BCUT2D eigenvalue weighted by atomic mass is 16.4. The van der Waals surface area contributed by atoms with Crippen LogP contribution < -0.4 is 10.6 Å². The van der Waals surface area contributed by atoms with Gasteiger partial charge in [0.1, 0.15) is 5.82 Å². The predicted octanol–water partition coefficient (Wildman–Crippen LogP) is 1.05. The fourth-order valence-electron chi connectivity index (χ4n) is 3.30. The maximum atomic E-state index is 12.3. The summed E-state index contributed by atoms with van der Waals surface area (Å²) in [6.45, 7) is 1.36. The summed E-state index contributed by atoms with van der Waals surface area (Å²) < 4.78 is 1.77. The Kier molecular flexibility index (Phi) is 3.68. The zero-order valence-corrected chi connectivity index (χ0v) is 13.3. The molecule has 25 heavy (non-hydrogen) atoms. The summed E-state index contributed by atoms with van der Waals surface area (Å²) in [5.41, 5.74) is 1.25. The Balaban J connectivity index is 1.55. The molecule has 0 saturated carbocycles. The van der Waals surface area contributed by atoms with Crippen LogP contribution in [0.15, 0.2) is 35.4 Å². The molecule has 0 spiro atoms. The van der Waals surface area contributed by atoms with Crippen LogP contribution in [0, 0.1) is 0 Å². The van der Waals surface area contributed by atoms with Crippen LogP contribution in [0.5, 0.6) is 0 Å². The zero-order valence-electron chi connectivity index (χ0n) is 13.3. The highest BCUT2D eigenvalue weighted by Crippen LogP contribution is 2.26. The first-order valence-electron chi connectivity index (χ1n) is 8.00. The van der Waals surface area contributed by atoms with E-state index in [1.165, 1.54) is 6.20 Å². The van der Waals surface area contributed by atoms with Crippen molar-refractivity contribution in [3.8, 4) is 0 Å². The van der Waals surface area contributed by atoms with Crippen LogP contribution in [-0.4, -0.2) is 48.7 Å². The lowest BCUT2D eigenvalue weighted by Gasteiger charge is -2.33. The Bertz CT molecular complexity index is 987. The summed E-state index contributed by atoms with van der Waals surface area (Å²) in [4.78, 5) is 40.1. The van der Waals surface area contributed by atoms with E-state index in [0.717, 1.165) is 18.4 Å². The first-order chi connectivity index (χ1) is 12.1. The van der Waals surface area contributed by atoms with Crippen molar-refractivity contribution in [1.29, 1.82) is 0 Å². The molecule has 0 aromatic carbocycles. The average Bonchev–Trinajstić information content (AvgIpc) is 2.97. The molecule has 9 heteroatoms. The number of nitrogens with one attached hydrogen (secondary N) is 1. The van der Waals surface area contributed by atoms with Crippen LogP contribution in [-0.2, 0) is 0 Å². The maximum Gasteiger partial charge on any atom is 0.374 e. The van der Waals surface area contributed by atoms with Gasteiger partial charge in [0.2, 0.25) is 5.82 Å². The van der Waals surface area contributed by atoms with Crippen molar-refractivity contribution >= 4 is 23.0 Å². The van der Waals surface area contributed by atoms with Gasteiger partial charge in [-0.1, -0.05) is 0 Å². The molecule has 9 nitrogen and oxygen atoms in total. The van der Waals surface area contributed by atoms with Crippen molar-refractivity contribution in [2.75, 3.05) is 18.0 Å². The molecule has 0 amide bonds. The third-order valence-electron chi connectivity index (χ3n) is 4.48. The van der Waals surface area contributed by atoms with Crippen molar-refractivity contribution < 1.29 is 9.90 Å². The second-order valence-corrected chi connectivity index (χ2v) is 5.93. The second kappa shape index (κ2) is 6.00. The first kappa shape index (κ1) is 15.3. The molecule has 1 fully saturated rings. The van der Waals surface area contributed by atoms with Crippen LogP contribution in [0.2, 0.25) is 0 Å². The quantitative estimate of drug-likeness (QED) is 0.732. The average molecular weight is 340 g/mol. The standard InChI is InChI=1S/C16H16N6O3/c23-15(24)14-18-7-3-12(19-14)21-8-4-10(5-9-21)22-11-2-1-6-17-13(11)20-16(22)25/h1-3,6-7,10H,4-5,8-9H2,(H,23,24)(H,17,20,25). The van der Waals surface area contributed by atoms with E-state index in [1.807, 2.05) is 17.0 Å². The van der Waals surface area contributed by atoms with Gasteiger partial charge in [0.15, 0.2) is 5.65 Å². The number of H-pyrrole nitrogens is 1. The van der Waals surface area contributed by atoms with Gasteiger partial charge in [-0.25, -0.2) is 24.5 Å². The smallest absolute Gasteiger partial charge is 0.374 e. The minimum absolute atomic E-state index is 0.0717. The molecule has 3 aromatic rings. The number of aromatic nitrogens is 5. The fraction of sp³-hybridized carbons (Fsp3) is 0.312. The summed E-state index contributed by atoms with van der Waals surface area (Å²) in [6.07, 6.45) is 4.62. The Morgan fingerprint density at radius 2 is 2.00 bits per heavy atom. The number of piperidine rings is 1. The number of anilines is 1. The first-order valence-corrected chi connectivity index (χ1v) is 8.00. The molecule has 0 atom stereocenters. The van der Waals surface area contributed by atoms with E-state index in [4.69, 9.17) is 5.11 Å². The highest BCUT2D eigenvalue weighted by Gasteiger charge is 2.25. The van der Waals surface area contributed by atoms with Crippen LogP contribution >= 0.6 is 0 Å². The van der Waals surface area contributed by atoms with Crippen LogP contribution in [0.3, 0.4) is 0 Å². The lowest BCUT2D eigenvalue weighted by Crippen LogP contribution is -2.37. The van der Waals surface area contributed by atoms with E-state index >= 15 is 0 Å². The molecule has 1 aliphatic rings. The van der Waals surface area contributed by atoms with Gasteiger partial charge in [-0.2, -0.15) is 0 Å². The van der Waals surface area contributed by atoms with Crippen molar-refractivity contribution in [3.63, 3.8) is 0 Å². The molecule has 0 radical (unpaired) electrons. The molecular weight excluding hydrogens is 324 g/mol. The second-order valence-electron chi connectivity index (χ2n) is 5.93. The number of imidazole rings is 1. The van der Waals surface area contributed by atoms with Crippen LogP contribution in [0.1, 0.15) is 29.5 Å². The third-order valence-corrected chi connectivity index (χ3v) is 4.48. The number of rotatable bonds is 3. The lowest BCUT2D eigenvalue weighted by molar-refractivity contribution is 0.0683. The van der Waals surface area contributed by atoms with Gasteiger partial charge in [-0.3, -0.25) is 9.55 Å². The molecule has 0 unspecified atom stereocenters. The van der Waals surface area contributed by atoms with Gasteiger partial charge in [-0.15, -0.1) is 0 Å². The normalized spacial score (nSPS) is 15.6. The largest absolute Gasteiger partial charge is 0.475 e. The minimum atomic E-state index is -1.14. The van der Waals surface area contributed by atoms with E-state index in [0.29, 0.717) is 24.6 Å². The number of pyridine rings is 1. The van der Waals surface area contributed by atoms with E-state index in [-0.39, 0.29) is 17.6 Å². The summed E-state index contributed by atoms with van der Waals surface area (Å²) in [6, 6.07) is 5.47. The molecule has 0 aliphatic carbocycles. The Labute approximate surface area is 142 Å². The number of carbonyl (C=O) groups is 1. The van der Waals surface area contributed by atoms with Crippen molar-refractivity contribution in [2.24, 2.45) is 0 Å². The van der Waals surface area contributed by atoms with Crippen molar-refractivity contribution in [1.82, 2.24) is 24.5 Å². The number of carboxylic acids is 1. The van der Waals surface area contributed by atoms with Crippen molar-refractivity contribution in [3.05, 3.63) is 46.9 Å². The molecule has 1 aliphatic heterocycles. The monoisotopic (exact) mass is 340 g/mol. The van der Waals surface area contributed by atoms with Gasteiger partial charge in [0, 0.05) is 31.5 Å². The number of hydrogen-bond donors (Lipinski definition) is 2. The van der Waals surface area contributed by atoms with Gasteiger partial charge in [0.25, 0.3) is 0 Å². The SMILES string of the molecule is O=C(O)c1nccc(N2CCC(n3c(=O)[nH]c4ncccc43)CC2)n1. The molecule has 4 heterocycles. The predicted molar refractivity (Wildman–Crippen MR) is 89.8 cm³/mol. The number of hydrogen-bond acceptors (Lipinski definition) is 6. The summed E-state index contributed by atoms with van der Waals surface area (Å²) in [7, 11) is 0. The number of carboxylic acid groups (broad SMARTS) is 1. The Hall–Kier alpha value is -3.23. The van der Waals surface area contributed by atoms with E-state index in [1.54, 1.807) is 16.8 Å². The number of fused-ring (bicyclic) bond motifs is 1. The molecule has 2 N–H and O–H groups in total. The zero-order chi connectivity index (χ0) is 17.4. The fourth-order valence-corrected chi connectivity index (χ4v) is 3.30. The van der Waals surface area contributed by atoms with E-state index in [2.05, 4.69) is 19.9 Å². The molecule has 1 saturated heterocycles. The topological polar surface area (TPSA) is 117 Å². The number of aromatic amines is 1. The van der Waals surface area contributed by atoms with Gasteiger partial charge in [-0.05, 0) is 31.0 Å². The lowest BCUT2D eigenvalue weighted by atomic mass is 10.0. The summed E-state index contributed by atoms with van der Waals surface area (Å²) in [5.74, 6) is -0.757. The van der Waals surface area contributed by atoms with Crippen LogP contribution in [0.25, 0.3) is 11.2 Å². The molecular formula is C16H16N6O3. The molecule has 128 valence electrons.